The van der Waals surface area contributed by atoms with E-state index < -0.39 is 25.8 Å². The molecule has 0 atom stereocenters. The summed E-state index contributed by atoms with van der Waals surface area (Å²) in [4.78, 5) is 10.5. The number of anilines is 1. The highest BCUT2D eigenvalue weighted by Gasteiger charge is 2.18. The Hall–Kier alpha value is -1.65. The second kappa shape index (κ2) is 6.41. The lowest BCUT2D eigenvalue weighted by Gasteiger charge is -2.09. The number of aromatic carboxylic acids is 1. The summed E-state index contributed by atoms with van der Waals surface area (Å²) < 4.78 is 48.0. The van der Waals surface area contributed by atoms with Gasteiger partial charge < -0.3 is 10.8 Å². The first-order valence-corrected chi connectivity index (χ1v) is 9.37. The van der Waals surface area contributed by atoms with Gasteiger partial charge in [0.1, 0.15) is 14.7 Å². The van der Waals surface area contributed by atoms with E-state index in [0.29, 0.717) is 0 Å². The summed E-state index contributed by atoms with van der Waals surface area (Å²) in [6.45, 7) is -0.0600. The van der Waals surface area contributed by atoms with Crippen LogP contribution < -0.4 is 10.5 Å². The van der Waals surface area contributed by atoms with Crippen LogP contribution in [0.5, 0.6) is 0 Å². The SMILES string of the molecule is CS(=O)(=O)CCCNS(=O)(=O)c1ccc(C(=O)O)cc1N. The number of nitrogens with one attached hydrogen (secondary N) is 1. The van der Waals surface area contributed by atoms with Crippen LogP contribution in [0.15, 0.2) is 23.1 Å². The van der Waals surface area contributed by atoms with Crippen molar-refractivity contribution in [3.05, 3.63) is 23.8 Å². The number of nitrogen functional groups attached to an aromatic ring is 1. The Labute approximate surface area is 122 Å². The Morgan fingerprint density at radius 3 is 2.38 bits per heavy atom. The highest BCUT2D eigenvalue weighted by molar-refractivity contribution is 7.90. The molecule has 0 aliphatic heterocycles. The number of rotatable bonds is 7. The number of benzene rings is 1. The van der Waals surface area contributed by atoms with E-state index in [1.807, 2.05) is 0 Å². The zero-order chi connectivity index (χ0) is 16.3. The maximum absolute atomic E-state index is 12.0. The number of hydrogen-bond donors (Lipinski definition) is 3. The van der Waals surface area contributed by atoms with Crippen molar-refractivity contribution in [2.45, 2.75) is 11.3 Å². The Kier molecular flexibility index (Phi) is 5.31. The monoisotopic (exact) mass is 336 g/mol. The van der Waals surface area contributed by atoms with Gasteiger partial charge in [0.15, 0.2) is 0 Å². The normalized spacial score (nSPS) is 12.2. The highest BCUT2D eigenvalue weighted by atomic mass is 32.2. The molecule has 0 saturated carbocycles. The molecule has 0 radical (unpaired) electrons. The predicted octanol–water partition coefficient (Wildman–Crippen LogP) is -0.320. The Morgan fingerprint density at radius 1 is 1.29 bits per heavy atom. The van der Waals surface area contributed by atoms with E-state index in [1.54, 1.807) is 0 Å². The summed E-state index contributed by atoms with van der Waals surface area (Å²) in [5.41, 5.74) is 5.23. The zero-order valence-electron chi connectivity index (χ0n) is 11.2. The van der Waals surface area contributed by atoms with Crippen LogP contribution >= 0.6 is 0 Å². The Morgan fingerprint density at radius 2 is 1.90 bits per heavy atom. The van der Waals surface area contributed by atoms with Crippen LogP contribution in [0.4, 0.5) is 5.69 Å². The third kappa shape index (κ3) is 5.33. The summed E-state index contributed by atoms with van der Waals surface area (Å²) in [6.07, 6.45) is 1.19. The molecular weight excluding hydrogens is 320 g/mol. The van der Waals surface area contributed by atoms with E-state index in [4.69, 9.17) is 10.8 Å². The quantitative estimate of drug-likeness (QED) is 0.457. The second-order valence-corrected chi connectivity index (χ2v) is 8.43. The first kappa shape index (κ1) is 17.4. The van der Waals surface area contributed by atoms with Crippen LogP contribution in [-0.2, 0) is 19.9 Å². The van der Waals surface area contributed by atoms with Crippen LogP contribution in [0.2, 0.25) is 0 Å². The molecule has 21 heavy (non-hydrogen) atoms. The van der Waals surface area contributed by atoms with Gasteiger partial charge in [-0.05, 0) is 24.6 Å². The number of hydrogen-bond acceptors (Lipinski definition) is 6. The summed E-state index contributed by atoms with van der Waals surface area (Å²) in [6, 6.07) is 3.27. The molecule has 0 aliphatic rings. The largest absolute Gasteiger partial charge is 0.478 e. The summed E-state index contributed by atoms with van der Waals surface area (Å²) in [5.74, 6) is -1.35. The van der Waals surface area contributed by atoms with Gasteiger partial charge in [-0.15, -0.1) is 0 Å². The van der Waals surface area contributed by atoms with Gasteiger partial charge in [-0.2, -0.15) is 0 Å². The van der Waals surface area contributed by atoms with Crippen LogP contribution in [0, 0.1) is 0 Å². The van der Waals surface area contributed by atoms with Gasteiger partial charge in [0.05, 0.1) is 17.0 Å². The third-order valence-electron chi connectivity index (χ3n) is 2.53. The average Bonchev–Trinajstić information content (AvgIpc) is 2.33. The van der Waals surface area contributed by atoms with Crippen LogP contribution in [0.25, 0.3) is 0 Å². The van der Waals surface area contributed by atoms with E-state index in [-0.39, 0.29) is 34.9 Å². The van der Waals surface area contributed by atoms with Crippen molar-refractivity contribution in [2.75, 3.05) is 24.3 Å². The number of carbonyl (C=O) groups is 1. The maximum atomic E-state index is 12.0. The number of carboxylic acid groups (broad SMARTS) is 1. The summed E-state index contributed by atoms with van der Waals surface area (Å²) in [5, 5.41) is 8.78. The molecule has 4 N–H and O–H groups in total. The minimum Gasteiger partial charge on any atom is -0.478 e. The molecule has 0 saturated heterocycles. The third-order valence-corrected chi connectivity index (χ3v) is 5.10. The number of sulfone groups is 1. The topological polar surface area (TPSA) is 144 Å². The van der Waals surface area contributed by atoms with Crippen molar-refractivity contribution in [2.24, 2.45) is 0 Å². The number of carboxylic acids is 1. The molecule has 0 spiro atoms. The molecule has 1 aromatic carbocycles. The molecule has 8 nitrogen and oxygen atoms in total. The maximum Gasteiger partial charge on any atom is 0.335 e. The molecule has 1 aromatic rings. The Balaban J connectivity index is 2.81. The van der Waals surface area contributed by atoms with E-state index in [1.165, 1.54) is 0 Å². The van der Waals surface area contributed by atoms with E-state index in [0.717, 1.165) is 24.5 Å². The molecule has 0 amide bonds. The summed E-state index contributed by atoms with van der Waals surface area (Å²) >= 11 is 0. The zero-order valence-corrected chi connectivity index (χ0v) is 12.9. The van der Waals surface area contributed by atoms with Crippen LogP contribution in [-0.4, -0.2) is 46.5 Å². The lowest BCUT2D eigenvalue weighted by atomic mass is 10.2. The molecule has 0 aliphatic carbocycles. The van der Waals surface area contributed by atoms with Crippen molar-refractivity contribution in [3.63, 3.8) is 0 Å². The number of sulfonamides is 1. The van der Waals surface area contributed by atoms with E-state index in [2.05, 4.69) is 4.72 Å². The molecule has 0 bridgehead atoms. The predicted molar refractivity (Wildman–Crippen MR) is 77.3 cm³/mol. The first-order chi connectivity index (χ1) is 9.53. The van der Waals surface area contributed by atoms with Crippen molar-refractivity contribution in [3.8, 4) is 0 Å². The van der Waals surface area contributed by atoms with Gasteiger partial charge in [-0.1, -0.05) is 0 Å². The van der Waals surface area contributed by atoms with Crippen LogP contribution in [0.1, 0.15) is 16.8 Å². The van der Waals surface area contributed by atoms with Gasteiger partial charge in [0.2, 0.25) is 10.0 Å². The number of nitrogens with two attached hydrogens (primary N) is 1. The molecule has 10 heteroatoms. The van der Waals surface area contributed by atoms with E-state index >= 15 is 0 Å². The standard InChI is InChI=1S/C11H16N2O6S2/c1-20(16,17)6-2-5-13-21(18,19)10-4-3-8(11(14)15)7-9(10)12/h3-4,7,13H,2,5-6,12H2,1H3,(H,14,15). The summed E-state index contributed by atoms with van der Waals surface area (Å²) in [7, 11) is -7.07. The Bertz CT molecular complexity index is 740. The van der Waals surface area contributed by atoms with Crippen molar-refractivity contribution in [1.29, 1.82) is 0 Å². The van der Waals surface area contributed by atoms with Crippen molar-refractivity contribution >= 4 is 31.5 Å². The van der Waals surface area contributed by atoms with Gasteiger partial charge in [-0.3, -0.25) is 0 Å². The molecule has 0 aromatic heterocycles. The minimum absolute atomic E-state index is 0.0600. The fraction of sp³-hybridized carbons (Fsp3) is 0.364. The molecule has 0 heterocycles. The molecule has 0 fully saturated rings. The fourth-order valence-electron chi connectivity index (χ4n) is 1.54. The second-order valence-electron chi connectivity index (χ2n) is 4.44. The lowest BCUT2D eigenvalue weighted by Crippen LogP contribution is -2.27. The van der Waals surface area contributed by atoms with Gasteiger partial charge in [0, 0.05) is 12.8 Å². The smallest absolute Gasteiger partial charge is 0.335 e. The lowest BCUT2D eigenvalue weighted by molar-refractivity contribution is 0.0697. The van der Waals surface area contributed by atoms with Gasteiger partial charge >= 0.3 is 5.97 Å². The van der Waals surface area contributed by atoms with Crippen molar-refractivity contribution < 1.29 is 26.7 Å². The van der Waals surface area contributed by atoms with Crippen molar-refractivity contribution in [1.82, 2.24) is 4.72 Å². The van der Waals surface area contributed by atoms with Crippen LogP contribution in [0.3, 0.4) is 0 Å². The average molecular weight is 336 g/mol. The molecule has 118 valence electrons. The molecule has 0 unspecified atom stereocenters. The molecule has 1 rings (SSSR count). The first-order valence-electron chi connectivity index (χ1n) is 5.83. The van der Waals surface area contributed by atoms with Gasteiger partial charge in [0.25, 0.3) is 0 Å². The fourth-order valence-corrected chi connectivity index (χ4v) is 3.40. The van der Waals surface area contributed by atoms with Gasteiger partial charge in [-0.25, -0.2) is 26.4 Å². The molecular formula is C11H16N2O6S2. The minimum atomic E-state index is -3.91. The van der Waals surface area contributed by atoms with E-state index in [9.17, 15) is 21.6 Å². The highest BCUT2D eigenvalue weighted by Crippen LogP contribution is 2.19.